The standard InChI is InChI=1S/C18H17BrN4O3/c1-26-16-5-3-2-4-15(16)23-17(9-12(24)10-21-20)22-14-7-6-11(19)8-13(14)18(23)25/h2-8,21H,9-10,20H2,1H3. The van der Waals surface area contributed by atoms with Crippen LogP contribution in [0, 0.1) is 0 Å². The molecule has 0 amide bonds. The minimum absolute atomic E-state index is 0.0137. The van der Waals surface area contributed by atoms with Crippen LogP contribution in [0.1, 0.15) is 5.82 Å². The van der Waals surface area contributed by atoms with Gasteiger partial charge in [0, 0.05) is 4.47 Å². The first kappa shape index (κ1) is 18.2. The van der Waals surface area contributed by atoms with E-state index in [4.69, 9.17) is 10.6 Å². The van der Waals surface area contributed by atoms with Crippen LogP contribution in [0.4, 0.5) is 0 Å². The summed E-state index contributed by atoms with van der Waals surface area (Å²) in [4.78, 5) is 29.9. The average molecular weight is 417 g/mol. The molecule has 0 saturated carbocycles. The van der Waals surface area contributed by atoms with Crippen molar-refractivity contribution in [2.75, 3.05) is 13.7 Å². The third kappa shape index (κ3) is 3.52. The zero-order valence-electron chi connectivity index (χ0n) is 14.0. The summed E-state index contributed by atoms with van der Waals surface area (Å²) in [6.45, 7) is -0.0137. The Morgan fingerprint density at radius 2 is 2.08 bits per heavy atom. The molecule has 0 radical (unpaired) electrons. The van der Waals surface area contributed by atoms with Gasteiger partial charge in [0.05, 0.1) is 36.7 Å². The van der Waals surface area contributed by atoms with Crippen LogP contribution in [0.3, 0.4) is 0 Å². The smallest absolute Gasteiger partial charge is 0.266 e. The molecule has 0 aliphatic rings. The van der Waals surface area contributed by atoms with E-state index in [9.17, 15) is 9.59 Å². The van der Waals surface area contributed by atoms with Crippen molar-refractivity contribution < 1.29 is 9.53 Å². The summed E-state index contributed by atoms with van der Waals surface area (Å²) >= 11 is 3.38. The lowest BCUT2D eigenvalue weighted by Crippen LogP contribution is -2.32. The second kappa shape index (κ2) is 7.77. The number of ether oxygens (including phenoxy) is 1. The third-order valence-electron chi connectivity index (χ3n) is 3.88. The molecule has 0 unspecified atom stereocenters. The second-order valence-corrected chi connectivity index (χ2v) is 6.51. The number of nitrogens with one attached hydrogen (secondary N) is 1. The first-order valence-electron chi connectivity index (χ1n) is 7.85. The number of fused-ring (bicyclic) bond motifs is 1. The van der Waals surface area contributed by atoms with E-state index < -0.39 is 0 Å². The van der Waals surface area contributed by atoms with Crippen molar-refractivity contribution >= 4 is 32.6 Å². The van der Waals surface area contributed by atoms with Crippen molar-refractivity contribution in [2.24, 2.45) is 5.84 Å². The topological polar surface area (TPSA) is 99.2 Å². The van der Waals surface area contributed by atoms with Crippen molar-refractivity contribution in [1.29, 1.82) is 0 Å². The highest BCUT2D eigenvalue weighted by Crippen LogP contribution is 2.24. The molecule has 2 aromatic carbocycles. The van der Waals surface area contributed by atoms with E-state index in [2.05, 4.69) is 26.3 Å². The van der Waals surface area contributed by atoms with Crippen LogP contribution < -0.4 is 21.6 Å². The number of hydrogen-bond donors (Lipinski definition) is 2. The number of carbonyl (C=O) groups is 1. The fraction of sp³-hybridized carbons (Fsp3) is 0.167. The SMILES string of the molecule is COc1ccccc1-n1c(CC(=O)CNN)nc2ccc(Br)cc2c1=O. The number of aromatic nitrogens is 2. The molecule has 8 heteroatoms. The van der Waals surface area contributed by atoms with Gasteiger partial charge in [-0.25, -0.2) is 4.98 Å². The number of ketones is 1. The molecule has 3 rings (SSSR count). The largest absolute Gasteiger partial charge is 0.495 e. The lowest BCUT2D eigenvalue weighted by molar-refractivity contribution is -0.117. The predicted molar refractivity (Wildman–Crippen MR) is 102 cm³/mol. The number of benzene rings is 2. The Labute approximate surface area is 157 Å². The first-order valence-corrected chi connectivity index (χ1v) is 8.64. The van der Waals surface area contributed by atoms with Gasteiger partial charge in [-0.1, -0.05) is 28.1 Å². The van der Waals surface area contributed by atoms with E-state index in [-0.39, 0.29) is 24.3 Å². The fourth-order valence-electron chi connectivity index (χ4n) is 2.74. The normalized spacial score (nSPS) is 10.9. The summed E-state index contributed by atoms with van der Waals surface area (Å²) < 4.78 is 7.57. The number of nitrogens with two attached hydrogens (primary N) is 1. The molecule has 7 nitrogen and oxygen atoms in total. The van der Waals surface area contributed by atoms with E-state index in [1.54, 1.807) is 36.4 Å². The van der Waals surface area contributed by atoms with Crippen molar-refractivity contribution in [2.45, 2.75) is 6.42 Å². The van der Waals surface area contributed by atoms with E-state index in [0.717, 1.165) is 4.47 Å². The van der Waals surface area contributed by atoms with Crippen LogP contribution in [0.15, 0.2) is 51.7 Å². The summed E-state index contributed by atoms with van der Waals surface area (Å²) in [5, 5.41) is 0.443. The maximum Gasteiger partial charge on any atom is 0.266 e. The molecule has 1 aromatic heterocycles. The van der Waals surface area contributed by atoms with Crippen LogP contribution in [0.5, 0.6) is 5.75 Å². The summed E-state index contributed by atoms with van der Waals surface area (Å²) in [7, 11) is 1.53. The maximum absolute atomic E-state index is 13.2. The van der Waals surface area contributed by atoms with Crippen LogP contribution >= 0.6 is 15.9 Å². The van der Waals surface area contributed by atoms with Gasteiger partial charge < -0.3 is 4.74 Å². The van der Waals surface area contributed by atoms with Crippen molar-refractivity contribution in [3.63, 3.8) is 0 Å². The van der Waals surface area contributed by atoms with Gasteiger partial charge in [-0.15, -0.1) is 0 Å². The summed E-state index contributed by atoms with van der Waals surface area (Å²) in [6.07, 6.45) is -0.0382. The fourth-order valence-corrected chi connectivity index (χ4v) is 3.10. The van der Waals surface area contributed by atoms with Crippen LogP contribution in [-0.4, -0.2) is 29.0 Å². The van der Waals surface area contributed by atoms with Gasteiger partial charge in [0.15, 0.2) is 5.78 Å². The Morgan fingerprint density at radius 1 is 1.31 bits per heavy atom. The van der Waals surface area contributed by atoms with Crippen molar-refractivity contribution in [1.82, 2.24) is 15.0 Å². The number of hydrogen-bond acceptors (Lipinski definition) is 6. The number of nitrogens with zero attached hydrogens (tertiary/aromatic N) is 2. The van der Waals surface area contributed by atoms with Gasteiger partial charge >= 0.3 is 0 Å². The zero-order valence-corrected chi connectivity index (χ0v) is 15.6. The van der Waals surface area contributed by atoms with Crippen LogP contribution in [-0.2, 0) is 11.2 Å². The Kier molecular flexibility index (Phi) is 5.46. The molecular weight excluding hydrogens is 400 g/mol. The second-order valence-electron chi connectivity index (χ2n) is 5.60. The highest BCUT2D eigenvalue weighted by molar-refractivity contribution is 9.10. The molecule has 134 valence electrons. The summed E-state index contributed by atoms with van der Waals surface area (Å²) in [5.74, 6) is 5.89. The van der Waals surface area contributed by atoms with Gasteiger partial charge in [0.2, 0.25) is 0 Å². The Morgan fingerprint density at radius 3 is 2.81 bits per heavy atom. The monoisotopic (exact) mass is 416 g/mol. The van der Waals surface area contributed by atoms with E-state index in [0.29, 0.717) is 28.2 Å². The first-order chi connectivity index (χ1) is 12.5. The van der Waals surface area contributed by atoms with E-state index >= 15 is 0 Å². The van der Waals surface area contributed by atoms with E-state index in [1.807, 2.05) is 6.07 Å². The van der Waals surface area contributed by atoms with Crippen LogP contribution in [0.2, 0.25) is 0 Å². The number of para-hydroxylation sites is 2. The lowest BCUT2D eigenvalue weighted by atomic mass is 10.2. The van der Waals surface area contributed by atoms with Gasteiger partial charge in [0.1, 0.15) is 11.6 Å². The quantitative estimate of drug-likeness (QED) is 0.468. The molecule has 1 heterocycles. The summed E-state index contributed by atoms with van der Waals surface area (Å²) in [6, 6.07) is 12.4. The number of carbonyl (C=O) groups excluding carboxylic acids is 1. The highest BCUT2D eigenvalue weighted by Gasteiger charge is 2.18. The molecule has 26 heavy (non-hydrogen) atoms. The van der Waals surface area contributed by atoms with Crippen LogP contribution in [0.25, 0.3) is 16.6 Å². The molecule has 0 bridgehead atoms. The highest BCUT2D eigenvalue weighted by atomic mass is 79.9. The molecule has 0 atom stereocenters. The molecule has 0 aliphatic carbocycles. The van der Waals surface area contributed by atoms with Gasteiger partial charge in [-0.2, -0.15) is 0 Å². The Balaban J connectivity index is 2.31. The number of hydrazine groups is 1. The Hall–Kier alpha value is -2.55. The van der Waals surface area contributed by atoms with Crippen molar-refractivity contribution in [3.05, 3.63) is 63.1 Å². The minimum atomic E-state index is -0.274. The minimum Gasteiger partial charge on any atom is -0.495 e. The van der Waals surface area contributed by atoms with Gasteiger partial charge in [-0.05, 0) is 30.3 Å². The lowest BCUT2D eigenvalue weighted by Gasteiger charge is -2.16. The number of methoxy groups -OCH3 is 1. The maximum atomic E-state index is 13.2. The number of rotatable bonds is 6. The number of Topliss-reactive ketones (excluding diaryl/α,β-unsaturated/α-hetero) is 1. The Bertz CT molecular complexity index is 1030. The van der Waals surface area contributed by atoms with Gasteiger partial charge in [-0.3, -0.25) is 25.4 Å². The molecule has 0 saturated heterocycles. The molecule has 3 aromatic rings. The number of halogens is 1. The molecule has 3 N–H and O–H groups in total. The van der Waals surface area contributed by atoms with Crippen molar-refractivity contribution in [3.8, 4) is 11.4 Å². The molecule has 0 aliphatic heterocycles. The average Bonchev–Trinajstić information content (AvgIpc) is 2.63. The molecule has 0 spiro atoms. The van der Waals surface area contributed by atoms with Gasteiger partial charge in [0.25, 0.3) is 5.56 Å². The molecule has 0 fully saturated rings. The summed E-state index contributed by atoms with van der Waals surface area (Å²) in [5.41, 5.74) is 3.11. The third-order valence-corrected chi connectivity index (χ3v) is 4.37. The predicted octanol–water partition coefficient (Wildman–Crippen LogP) is 1.73. The molecular formula is C18H17BrN4O3. The zero-order chi connectivity index (χ0) is 18.7. The van der Waals surface area contributed by atoms with E-state index in [1.165, 1.54) is 11.7 Å².